The first-order chi connectivity index (χ1) is 11.0. The number of hydrogen-bond acceptors (Lipinski definition) is 6. The first kappa shape index (κ1) is 14.9. The van der Waals surface area contributed by atoms with Crippen molar-refractivity contribution >= 4 is 39.2 Å². The second kappa shape index (κ2) is 5.62. The lowest BCUT2D eigenvalue weighted by Crippen LogP contribution is -2.35. The van der Waals surface area contributed by atoms with Crippen LogP contribution in [0.1, 0.15) is 19.4 Å². The van der Waals surface area contributed by atoms with Crippen LogP contribution in [-0.4, -0.2) is 26.6 Å². The molecule has 0 radical (unpaired) electrons. The third kappa shape index (κ3) is 2.47. The topological polar surface area (TPSA) is 91.9 Å². The second-order valence-electron chi connectivity index (χ2n) is 4.74. The van der Waals surface area contributed by atoms with E-state index in [0.717, 1.165) is 15.1 Å². The summed E-state index contributed by atoms with van der Waals surface area (Å²) in [6, 6.07) is 9.50. The van der Waals surface area contributed by atoms with Crippen LogP contribution in [0.3, 0.4) is 0 Å². The molecular weight excluding hydrogens is 314 g/mol. The predicted molar refractivity (Wildman–Crippen MR) is 85.3 cm³/mol. The van der Waals surface area contributed by atoms with Crippen molar-refractivity contribution in [3.63, 3.8) is 0 Å². The SMILES string of the molecule is CC(=O)N(C(C)=O)c1c(C#N)cnn1-c1nc2ccccc2s1. The molecule has 0 spiro atoms. The lowest BCUT2D eigenvalue weighted by atomic mass is 10.3. The maximum absolute atomic E-state index is 11.8. The highest BCUT2D eigenvalue weighted by molar-refractivity contribution is 7.20. The predicted octanol–water partition coefficient (Wildman–Crippen LogP) is 2.25. The fraction of sp³-hybridized carbons (Fsp3) is 0.133. The molecule has 2 amide bonds. The van der Waals surface area contributed by atoms with E-state index in [9.17, 15) is 14.9 Å². The molecule has 3 aromatic rings. The van der Waals surface area contributed by atoms with Gasteiger partial charge in [-0.2, -0.15) is 15.0 Å². The number of carbonyl (C=O) groups excluding carboxylic acids is 2. The van der Waals surface area contributed by atoms with Crippen molar-refractivity contribution in [3.8, 4) is 11.2 Å². The molecular formula is C15H11N5O2S. The van der Waals surface area contributed by atoms with E-state index in [1.54, 1.807) is 0 Å². The first-order valence-corrected chi connectivity index (χ1v) is 7.50. The van der Waals surface area contributed by atoms with Crippen molar-refractivity contribution in [1.29, 1.82) is 5.26 Å². The Labute approximate surface area is 135 Å². The highest BCUT2D eigenvalue weighted by Crippen LogP contribution is 2.29. The zero-order valence-corrected chi connectivity index (χ0v) is 13.2. The molecule has 0 fully saturated rings. The van der Waals surface area contributed by atoms with Gasteiger partial charge < -0.3 is 0 Å². The third-order valence-electron chi connectivity index (χ3n) is 3.17. The number of nitrogens with zero attached hydrogens (tertiary/aromatic N) is 5. The highest BCUT2D eigenvalue weighted by atomic mass is 32.1. The molecule has 0 atom stereocenters. The standard InChI is InChI=1S/C15H11N5O2S/c1-9(21)19(10(2)22)14-11(7-16)8-17-20(14)15-18-12-5-3-4-6-13(12)23-15/h3-6,8H,1-2H3. The summed E-state index contributed by atoms with van der Waals surface area (Å²) in [4.78, 5) is 29.1. The number of benzene rings is 1. The Morgan fingerprint density at radius 2 is 1.96 bits per heavy atom. The number of para-hydroxylation sites is 1. The third-order valence-corrected chi connectivity index (χ3v) is 4.18. The van der Waals surface area contributed by atoms with E-state index in [1.165, 1.54) is 36.1 Å². The van der Waals surface area contributed by atoms with E-state index in [0.29, 0.717) is 5.13 Å². The van der Waals surface area contributed by atoms with Crippen LogP contribution in [0.2, 0.25) is 0 Å². The van der Waals surface area contributed by atoms with Crippen LogP contribution in [0.15, 0.2) is 30.5 Å². The maximum Gasteiger partial charge on any atom is 0.231 e. The molecule has 7 nitrogen and oxygen atoms in total. The average molecular weight is 325 g/mol. The van der Waals surface area contributed by atoms with E-state index in [1.807, 2.05) is 30.3 Å². The summed E-state index contributed by atoms with van der Waals surface area (Å²) in [5, 5.41) is 13.9. The summed E-state index contributed by atoms with van der Waals surface area (Å²) in [5.74, 6) is -0.861. The Morgan fingerprint density at radius 1 is 1.26 bits per heavy atom. The summed E-state index contributed by atoms with van der Waals surface area (Å²) in [6.45, 7) is 2.52. The van der Waals surface area contributed by atoms with Crippen LogP contribution in [-0.2, 0) is 9.59 Å². The van der Waals surface area contributed by atoms with Gasteiger partial charge in [-0.1, -0.05) is 23.5 Å². The molecule has 0 N–H and O–H groups in total. The van der Waals surface area contributed by atoms with Crippen molar-refractivity contribution in [1.82, 2.24) is 14.8 Å². The minimum atomic E-state index is -0.489. The van der Waals surface area contributed by atoms with Crippen LogP contribution in [0, 0.1) is 11.3 Å². The van der Waals surface area contributed by atoms with E-state index in [2.05, 4.69) is 10.1 Å². The lowest BCUT2D eigenvalue weighted by Gasteiger charge is -2.17. The second-order valence-corrected chi connectivity index (χ2v) is 5.75. The van der Waals surface area contributed by atoms with Crippen molar-refractivity contribution in [3.05, 3.63) is 36.0 Å². The van der Waals surface area contributed by atoms with Gasteiger partial charge in [-0.15, -0.1) is 0 Å². The Hall–Kier alpha value is -3.05. The van der Waals surface area contributed by atoms with Gasteiger partial charge >= 0.3 is 0 Å². The Morgan fingerprint density at radius 3 is 2.57 bits per heavy atom. The zero-order chi connectivity index (χ0) is 16.6. The number of aromatic nitrogens is 3. The first-order valence-electron chi connectivity index (χ1n) is 6.68. The molecule has 0 saturated carbocycles. The molecule has 1 aromatic carbocycles. The smallest absolute Gasteiger partial charge is 0.231 e. The van der Waals surface area contributed by atoms with Crippen molar-refractivity contribution in [2.75, 3.05) is 4.90 Å². The Balaban J connectivity index is 2.24. The monoisotopic (exact) mass is 325 g/mol. The molecule has 0 bridgehead atoms. The number of amides is 2. The van der Waals surface area contributed by atoms with Gasteiger partial charge in [-0.25, -0.2) is 9.88 Å². The van der Waals surface area contributed by atoms with Crippen LogP contribution >= 0.6 is 11.3 Å². The van der Waals surface area contributed by atoms with Crippen LogP contribution in [0.25, 0.3) is 15.3 Å². The minimum Gasteiger partial charge on any atom is -0.274 e. The fourth-order valence-corrected chi connectivity index (χ4v) is 3.17. The summed E-state index contributed by atoms with van der Waals surface area (Å²) >= 11 is 1.36. The molecule has 0 aliphatic heterocycles. The highest BCUT2D eigenvalue weighted by Gasteiger charge is 2.26. The van der Waals surface area contributed by atoms with E-state index in [-0.39, 0.29) is 11.4 Å². The zero-order valence-electron chi connectivity index (χ0n) is 12.3. The van der Waals surface area contributed by atoms with Gasteiger partial charge in [0.15, 0.2) is 5.82 Å². The number of imide groups is 1. The number of nitriles is 1. The van der Waals surface area contributed by atoms with Crippen molar-refractivity contribution in [2.24, 2.45) is 0 Å². The number of fused-ring (bicyclic) bond motifs is 1. The molecule has 23 heavy (non-hydrogen) atoms. The van der Waals surface area contributed by atoms with Gasteiger partial charge in [0.1, 0.15) is 11.6 Å². The Bertz CT molecular complexity index is 919. The molecule has 0 aliphatic rings. The van der Waals surface area contributed by atoms with Crippen molar-refractivity contribution in [2.45, 2.75) is 13.8 Å². The summed E-state index contributed by atoms with van der Waals surface area (Å²) in [5.41, 5.74) is 0.916. The molecule has 2 aromatic heterocycles. The minimum absolute atomic E-state index is 0.117. The molecule has 8 heteroatoms. The summed E-state index contributed by atoms with van der Waals surface area (Å²) in [6.07, 6.45) is 1.32. The van der Waals surface area contributed by atoms with Gasteiger partial charge in [0, 0.05) is 13.8 Å². The van der Waals surface area contributed by atoms with Gasteiger partial charge in [0.25, 0.3) is 0 Å². The van der Waals surface area contributed by atoms with E-state index in [4.69, 9.17) is 0 Å². The van der Waals surface area contributed by atoms with Gasteiger partial charge in [-0.3, -0.25) is 9.59 Å². The lowest BCUT2D eigenvalue weighted by molar-refractivity contribution is -0.124. The quantitative estimate of drug-likeness (QED) is 0.720. The van der Waals surface area contributed by atoms with Gasteiger partial charge in [0.2, 0.25) is 16.9 Å². The van der Waals surface area contributed by atoms with Crippen LogP contribution in [0.4, 0.5) is 5.82 Å². The molecule has 0 saturated heterocycles. The number of carbonyl (C=O) groups is 2. The van der Waals surface area contributed by atoms with Crippen LogP contribution < -0.4 is 4.90 Å². The largest absolute Gasteiger partial charge is 0.274 e. The molecule has 114 valence electrons. The molecule has 0 unspecified atom stereocenters. The molecule has 3 rings (SSSR count). The number of rotatable bonds is 2. The number of anilines is 1. The van der Waals surface area contributed by atoms with E-state index < -0.39 is 11.8 Å². The molecule has 2 heterocycles. The normalized spacial score (nSPS) is 10.5. The number of thiazole rings is 1. The summed E-state index contributed by atoms with van der Waals surface area (Å²) < 4.78 is 2.30. The number of hydrogen-bond donors (Lipinski definition) is 0. The molecule has 0 aliphatic carbocycles. The average Bonchev–Trinajstić information content (AvgIpc) is 3.09. The van der Waals surface area contributed by atoms with Crippen LogP contribution in [0.5, 0.6) is 0 Å². The van der Waals surface area contributed by atoms with Gasteiger partial charge in [-0.05, 0) is 12.1 Å². The van der Waals surface area contributed by atoms with E-state index >= 15 is 0 Å². The maximum atomic E-state index is 11.8. The van der Waals surface area contributed by atoms with Crippen molar-refractivity contribution < 1.29 is 9.59 Å². The Kier molecular flexibility index (Phi) is 3.64. The van der Waals surface area contributed by atoms with Gasteiger partial charge in [0.05, 0.1) is 16.4 Å². The fourth-order valence-electron chi connectivity index (χ4n) is 2.25. The summed E-state index contributed by atoms with van der Waals surface area (Å²) in [7, 11) is 0.